The molecule has 0 spiro atoms. The minimum absolute atomic E-state index is 0.0130. The van der Waals surface area contributed by atoms with Crippen LogP contribution in [-0.4, -0.2) is 50.9 Å². The molecular formula is C24H24FN3O4. The Kier molecular flexibility index (Phi) is 5.94. The summed E-state index contributed by atoms with van der Waals surface area (Å²) >= 11 is 0. The number of phenols is 1. The number of halogens is 1. The average molecular weight is 437 g/mol. The van der Waals surface area contributed by atoms with E-state index in [-0.39, 0.29) is 31.0 Å². The fourth-order valence-corrected chi connectivity index (χ4v) is 4.14. The van der Waals surface area contributed by atoms with E-state index in [4.69, 9.17) is 0 Å². The third-order valence-electron chi connectivity index (χ3n) is 5.73. The molecule has 32 heavy (non-hydrogen) atoms. The van der Waals surface area contributed by atoms with Crippen molar-refractivity contribution < 1.29 is 23.9 Å². The van der Waals surface area contributed by atoms with Gasteiger partial charge in [0, 0.05) is 35.6 Å². The van der Waals surface area contributed by atoms with Crippen LogP contribution in [0.1, 0.15) is 29.3 Å². The second-order valence-corrected chi connectivity index (χ2v) is 8.03. The maximum atomic E-state index is 14.2. The molecule has 1 aliphatic heterocycles. The Morgan fingerprint density at radius 1 is 1.16 bits per heavy atom. The number of hydrogen-bond donors (Lipinski definition) is 2. The molecular weight excluding hydrogens is 413 g/mol. The standard InChI is InChI=1S/C24H24FN3O4/c1-15(29)20-13-27(21-8-7-18(30)10-19(20)21)14-23(31)28-12-17(25)9-22(28)24(32)26-11-16-5-3-2-4-6-16/h2-8,10,13,17,22,30H,9,11-12,14H2,1H3,(H,26,32)/t17-,22+/m1/s1. The van der Waals surface area contributed by atoms with Crippen molar-refractivity contribution in [1.29, 1.82) is 0 Å². The lowest BCUT2D eigenvalue weighted by atomic mass is 10.1. The van der Waals surface area contributed by atoms with Crippen molar-refractivity contribution in [3.63, 3.8) is 0 Å². The summed E-state index contributed by atoms with van der Waals surface area (Å²) in [5.41, 5.74) is 1.89. The molecule has 3 aromatic rings. The van der Waals surface area contributed by atoms with Gasteiger partial charge >= 0.3 is 0 Å². The van der Waals surface area contributed by atoms with Gasteiger partial charge in [-0.2, -0.15) is 0 Å². The van der Waals surface area contributed by atoms with E-state index in [0.717, 1.165) is 5.56 Å². The Balaban J connectivity index is 1.52. The Morgan fingerprint density at radius 2 is 1.91 bits per heavy atom. The molecule has 0 unspecified atom stereocenters. The van der Waals surface area contributed by atoms with Crippen LogP contribution in [0.15, 0.2) is 54.7 Å². The summed E-state index contributed by atoms with van der Waals surface area (Å²) in [6, 6.07) is 13.0. The Bertz CT molecular complexity index is 1170. The summed E-state index contributed by atoms with van der Waals surface area (Å²) in [5, 5.41) is 13.1. The number of ketones is 1. The van der Waals surface area contributed by atoms with Crippen molar-refractivity contribution in [2.75, 3.05) is 6.54 Å². The third kappa shape index (κ3) is 4.34. The fourth-order valence-electron chi connectivity index (χ4n) is 4.14. The number of likely N-dealkylation sites (tertiary alicyclic amines) is 1. The van der Waals surface area contributed by atoms with Gasteiger partial charge in [-0.3, -0.25) is 14.4 Å². The second kappa shape index (κ2) is 8.82. The highest BCUT2D eigenvalue weighted by atomic mass is 19.1. The summed E-state index contributed by atoms with van der Waals surface area (Å²) in [6.07, 6.45) is 0.223. The predicted molar refractivity (Wildman–Crippen MR) is 117 cm³/mol. The second-order valence-electron chi connectivity index (χ2n) is 8.03. The van der Waals surface area contributed by atoms with Crippen LogP contribution in [0, 0.1) is 0 Å². The number of carbonyl (C=O) groups is 3. The lowest BCUT2D eigenvalue weighted by Crippen LogP contribution is -2.46. The van der Waals surface area contributed by atoms with E-state index in [1.807, 2.05) is 30.3 Å². The van der Waals surface area contributed by atoms with Crippen molar-refractivity contribution in [2.45, 2.75) is 38.6 Å². The lowest BCUT2D eigenvalue weighted by molar-refractivity contribution is -0.139. The van der Waals surface area contributed by atoms with Crippen molar-refractivity contribution in [3.05, 3.63) is 65.9 Å². The first kappa shape index (κ1) is 21.5. The number of nitrogens with one attached hydrogen (secondary N) is 1. The van der Waals surface area contributed by atoms with Gasteiger partial charge in [0.15, 0.2) is 5.78 Å². The highest BCUT2D eigenvalue weighted by Gasteiger charge is 2.39. The van der Waals surface area contributed by atoms with Crippen LogP contribution in [-0.2, 0) is 22.7 Å². The van der Waals surface area contributed by atoms with Crippen LogP contribution < -0.4 is 5.32 Å². The average Bonchev–Trinajstić information content (AvgIpc) is 3.33. The number of rotatable bonds is 6. The quantitative estimate of drug-likeness (QED) is 0.580. The molecule has 1 aromatic heterocycles. The number of carbonyl (C=O) groups excluding carboxylic acids is 3. The van der Waals surface area contributed by atoms with E-state index in [1.54, 1.807) is 16.8 Å². The highest BCUT2D eigenvalue weighted by molar-refractivity contribution is 6.07. The van der Waals surface area contributed by atoms with E-state index in [9.17, 15) is 23.9 Å². The zero-order chi connectivity index (χ0) is 22.8. The zero-order valence-electron chi connectivity index (χ0n) is 17.6. The molecule has 1 aliphatic rings. The van der Waals surface area contributed by atoms with E-state index in [2.05, 4.69) is 5.32 Å². The maximum Gasteiger partial charge on any atom is 0.243 e. The number of phenolic OH excluding ortho intramolecular Hbond substituents is 1. The molecule has 0 radical (unpaired) electrons. The van der Waals surface area contributed by atoms with Gasteiger partial charge in [-0.15, -0.1) is 0 Å². The molecule has 2 heterocycles. The van der Waals surface area contributed by atoms with Crippen LogP contribution in [0.25, 0.3) is 10.9 Å². The molecule has 2 amide bonds. The lowest BCUT2D eigenvalue weighted by Gasteiger charge is -2.24. The van der Waals surface area contributed by atoms with Crippen molar-refractivity contribution >= 4 is 28.5 Å². The first-order chi connectivity index (χ1) is 15.3. The van der Waals surface area contributed by atoms with Crippen molar-refractivity contribution in [1.82, 2.24) is 14.8 Å². The molecule has 7 nitrogen and oxygen atoms in total. The number of Topliss-reactive ketones (excluding diaryl/α,β-unsaturated/α-hetero) is 1. The van der Waals surface area contributed by atoms with Crippen LogP contribution >= 0.6 is 0 Å². The van der Waals surface area contributed by atoms with Crippen molar-refractivity contribution in [3.8, 4) is 5.75 Å². The molecule has 4 rings (SSSR count). The SMILES string of the molecule is CC(=O)c1cn(CC(=O)N2C[C@H](F)C[C@H]2C(=O)NCc2ccccc2)c2ccc(O)cc12. The minimum atomic E-state index is -1.28. The summed E-state index contributed by atoms with van der Waals surface area (Å²) in [4.78, 5) is 39.1. The molecule has 166 valence electrons. The topological polar surface area (TPSA) is 91.6 Å². The number of alkyl halides is 1. The zero-order valence-corrected chi connectivity index (χ0v) is 17.6. The van der Waals surface area contributed by atoms with Gasteiger partial charge in [-0.05, 0) is 30.7 Å². The molecule has 0 saturated carbocycles. The number of hydrogen-bond acceptors (Lipinski definition) is 4. The van der Waals surface area contributed by atoms with Crippen molar-refractivity contribution in [2.24, 2.45) is 0 Å². The summed E-state index contributed by atoms with van der Waals surface area (Å²) in [6.45, 7) is 1.40. The van der Waals surface area contributed by atoms with Gasteiger partial charge in [0.05, 0.1) is 6.54 Å². The molecule has 0 bridgehead atoms. The maximum absolute atomic E-state index is 14.2. The molecule has 1 fully saturated rings. The summed E-state index contributed by atoms with van der Waals surface area (Å²) in [5.74, 6) is -0.992. The number of nitrogens with zero attached hydrogens (tertiary/aromatic N) is 2. The number of amides is 2. The van der Waals surface area contributed by atoms with Gasteiger partial charge in [0.25, 0.3) is 0 Å². The van der Waals surface area contributed by atoms with E-state index in [0.29, 0.717) is 23.0 Å². The van der Waals surface area contributed by atoms with Crippen LogP contribution in [0.2, 0.25) is 0 Å². The van der Waals surface area contributed by atoms with Gasteiger partial charge < -0.3 is 19.9 Å². The fraction of sp³-hybridized carbons (Fsp3) is 0.292. The molecule has 2 aromatic carbocycles. The van der Waals surface area contributed by atoms with E-state index < -0.39 is 24.0 Å². The van der Waals surface area contributed by atoms with Gasteiger partial charge in [0.1, 0.15) is 24.5 Å². The smallest absolute Gasteiger partial charge is 0.243 e. The van der Waals surface area contributed by atoms with Gasteiger partial charge in [-0.1, -0.05) is 30.3 Å². The van der Waals surface area contributed by atoms with Gasteiger partial charge in [-0.25, -0.2) is 4.39 Å². The normalized spacial score (nSPS) is 18.1. The van der Waals surface area contributed by atoms with E-state index in [1.165, 1.54) is 24.0 Å². The number of aromatic hydroxyl groups is 1. The highest BCUT2D eigenvalue weighted by Crippen LogP contribution is 2.27. The summed E-state index contributed by atoms with van der Waals surface area (Å²) in [7, 11) is 0. The molecule has 2 N–H and O–H groups in total. The first-order valence-electron chi connectivity index (χ1n) is 10.4. The number of aromatic nitrogens is 1. The molecule has 1 saturated heterocycles. The third-order valence-corrected chi connectivity index (χ3v) is 5.73. The van der Waals surface area contributed by atoms with Crippen LogP contribution in [0.4, 0.5) is 4.39 Å². The predicted octanol–water partition coefficient (Wildman–Crippen LogP) is 2.80. The van der Waals surface area contributed by atoms with Gasteiger partial charge in [0.2, 0.25) is 11.8 Å². The van der Waals surface area contributed by atoms with E-state index >= 15 is 0 Å². The molecule has 0 aliphatic carbocycles. The molecule has 8 heteroatoms. The monoisotopic (exact) mass is 437 g/mol. The number of fused-ring (bicyclic) bond motifs is 1. The first-order valence-corrected chi connectivity index (χ1v) is 10.4. The van der Waals surface area contributed by atoms with Crippen LogP contribution in [0.5, 0.6) is 5.75 Å². The Labute approximate surface area is 184 Å². The largest absolute Gasteiger partial charge is 0.508 e. The van der Waals surface area contributed by atoms with Crippen LogP contribution in [0.3, 0.4) is 0 Å². The Hall–Kier alpha value is -3.68. The minimum Gasteiger partial charge on any atom is -0.508 e. The molecule has 2 atom stereocenters. The number of benzene rings is 2. The Morgan fingerprint density at radius 3 is 2.62 bits per heavy atom. The summed E-state index contributed by atoms with van der Waals surface area (Å²) < 4.78 is 15.8.